The lowest BCUT2D eigenvalue weighted by Gasteiger charge is -2.14. The summed E-state index contributed by atoms with van der Waals surface area (Å²) in [4.78, 5) is 12.3. The minimum absolute atomic E-state index is 0.120. The van der Waals surface area contributed by atoms with Crippen molar-refractivity contribution in [2.75, 3.05) is 12.5 Å². The SMILES string of the molecule is Cc1ccc(-c2nnc(SCC(=O)N[C@@H](C)c3ccc4c(c3)OCO4)o2)cc1. The van der Waals surface area contributed by atoms with E-state index in [0.717, 1.165) is 22.4 Å². The summed E-state index contributed by atoms with van der Waals surface area (Å²) >= 11 is 1.21. The number of benzene rings is 2. The van der Waals surface area contributed by atoms with Gasteiger partial charge in [-0.05, 0) is 43.7 Å². The maximum atomic E-state index is 12.3. The third-order valence-corrected chi connectivity index (χ3v) is 5.12. The number of hydrogen-bond acceptors (Lipinski definition) is 7. The number of nitrogens with one attached hydrogen (secondary N) is 1. The summed E-state index contributed by atoms with van der Waals surface area (Å²) in [7, 11) is 0. The van der Waals surface area contributed by atoms with Gasteiger partial charge in [0.15, 0.2) is 11.5 Å². The minimum atomic E-state index is -0.159. The van der Waals surface area contributed by atoms with Crippen molar-refractivity contribution in [3.8, 4) is 23.0 Å². The number of carbonyl (C=O) groups is 1. The summed E-state index contributed by atoms with van der Waals surface area (Å²) in [6.07, 6.45) is 0. The molecule has 0 saturated heterocycles. The number of rotatable bonds is 6. The van der Waals surface area contributed by atoms with Gasteiger partial charge in [-0.25, -0.2) is 0 Å². The molecule has 0 aliphatic carbocycles. The van der Waals surface area contributed by atoms with Crippen LogP contribution in [-0.2, 0) is 4.79 Å². The van der Waals surface area contributed by atoms with Gasteiger partial charge in [0.05, 0.1) is 11.8 Å². The van der Waals surface area contributed by atoms with E-state index in [0.29, 0.717) is 16.9 Å². The van der Waals surface area contributed by atoms with Gasteiger partial charge in [0.25, 0.3) is 5.22 Å². The smallest absolute Gasteiger partial charge is 0.277 e. The standard InChI is InChI=1S/C20H19N3O4S/c1-12-3-5-14(6-4-12)19-22-23-20(27-19)28-10-18(24)21-13(2)15-7-8-16-17(9-15)26-11-25-16/h3-9,13H,10-11H2,1-2H3,(H,21,24)/t13-/m0/s1. The van der Waals surface area contributed by atoms with Crippen LogP contribution in [0.2, 0.25) is 0 Å². The summed E-state index contributed by atoms with van der Waals surface area (Å²) < 4.78 is 16.3. The normalized spacial score (nSPS) is 13.4. The van der Waals surface area contributed by atoms with Gasteiger partial charge in [0, 0.05) is 5.56 Å². The van der Waals surface area contributed by atoms with E-state index in [9.17, 15) is 4.79 Å². The topological polar surface area (TPSA) is 86.5 Å². The van der Waals surface area contributed by atoms with Crippen LogP contribution in [0.3, 0.4) is 0 Å². The van der Waals surface area contributed by atoms with Gasteiger partial charge in [0.1, 0.15) is 0 Å². The molecule has 2 aromatic carbocycles. The summed E-state index contributed by atoms with van der Waals surface area (Å²) in [6.45, 7) is 4.16. The van der Waals surface area contributed by atoms with Crippen molar-refractivity contribution >= 4 is 17.7 Å². The van der Waals surface area contributed by atoms with Gasteiger partial charge in [-0.1, -0.05) is 35.5 Å². The molecular formula is C20H19N3O4S. The lowest BCUT2D eigenvalue weighted by Crippen LogP contribution is -2.28. The molecule has 7 nitrogen and oxygen atoms in total. The predicted molar refractivity (Wildman–Crippen MR) is 104 cm³/mol. The predicted octanol–water partition coefficient (Wildman–Crippen LogP) is 3.74. The second-order valence-corrected chi connectivity index (χ2v) is 7.36. The fourth-order valence-electron chi connectivity index (χ4n) is 2.76. The van der Waals surface area contributed by atoms with Crippen LogP contribution in [0.5, 0.6) is 11.5 Å². The van der Waals surface area contributed by atoms with E-state index < -0.39 is 0 Å². The second-order valence-electron chi connectivity index (χ2n) is 6.43. The Hall–Kier alpha value is -3.00. The highest BCUT2D eigenvalue weighted by Crippen LogP contribution is 2.34. The van der Waals surface area contributed by atoms with E-state index in [4.69, 9.17) is 13.9 Å². The fraction of sp³-hybridized carbons (Fsp3) is 0.250. The highest BCUT2D eigenvalue weighted by Gasteiger charge is 2.17. The molecule has 1 aliphatic heterocycles. The van der Waals surface area contributed by atoms with E-state index in [2.05, 4.69) is 15.5 Å². The number of aromatic nitrogens is 2. The van der Waals surface area contributed by atoms with Gasteiger partial charge < -0.3 is 19.2 Å². The molecule has 1 aromatic heterocycles. The van der Waals surface area contributed by atoms with Crippen molar-refractivity contribution < 1.29 is 18.7 Å². The monoisotopic (exact) mass is 397 g/mol. The Kier molecular flexibility index (Phi) is 5.21. The zero-order chi connectivity index (χ0) is 19.5. The van der Waals surface area contributed by atoms with Crippen molar-refractivity contribution in [3.63, 3.8) is 0 Å². The molecular weight excluding hydrogens is 378 g/mol. The van der Waals surface area contributed by atoms with Gasteiger partial charge in [-0.2, -0.15) is 0 Å². The third kappa shape index (κ3) is 4.12. The zero-order valence-corrected chi connectivity index (χ0v) is 16.3. The molecule has 1 aliphatic rings. The van der Waals surface area contributed by atoms with Crippen LogP contribution in [0.15, 0.2) is 52.1 Å². The van der Waals surface area contributed by atoms with Gasteiger partial charge in [-0.15, -0.1) is 10.2 Å². The first-order valence-corrected chi connectivity index (χ1v) is 9.79. The summed E-state index contributed by atoms with van der Waals surface area (Å²) in [5, 5.41) is 11.4. The van der Waals surface area contributed by atoms with E-state index >= 15 is 0 Å². The maximum Gasteiger partial charge on any atom is 0.277 e. The van der Waals surface area contributed by atoms with Crippen molar-refractivity contribution in [2.45, 2.75) is 25.1 Å². The first-order valence-electron chi connectivity index (χ1n) is 8.81. The Bertz CT molecular complexity index is 987. The lowest BCUT2D eigenvalue weighted by molar-refractivity contribution is -0.119. The minimum Gasteiger partial charge on any atom is -0.454 e. The first kappa shape index (κ1) is 18.4. The van der Waals surface area contributed by atoms with E-state index in [1.807, 2.05) is 56.3 Å². The van der Waals surface area contributed by atoms with Crippen molar-refractivity contribution in [3.05, 3.63) is 53.6 Å². The number of nitrogens with zero attached hydrogens (tertiary/aromatic N) is 2. The molecule has 0 spiro atoms. The van der Waals surface area contributed by atoms with Crippen LogP contribution in [-0.4, -0.2) is 28.7 Å². The molecule has 0 radical (unpaired) electrons. The average molecular weight is 397 g/mol. The van der Waals surface area contributed by atoms with E-state index in [1.165, 1.54) is 11.8 Å². The Labute approximate surface area is 166 Å². The Morgan fingerprint density at radius 2 is 1.93 bits per heavy atom. The number of carbonyl (C=O) groups excluding carboxylic acids is 1. The van der Waals surface area contributed by atoms with Crippen molar-refractivity contribution in [1.29, 1.82) is 0 Å². The number of aryl methyl sites for hydroxylation is 1. The number of ether oxygens (including phenoxy) is 2. The second kappa shape index (κ2) is 7.93. The fourth-order valence-corrected chi connectivity index (χ4v) is 3.33. The molecule has 0 bridgehead atoms. The highest BCUT2D eigenvalue weighted by molar-refractivity contribution is 7.99. The van der Waals surface area contributed by atoms with E-state index in [1.54, 1.807) is 0 Å². The first-order chi connectivity index (χ1) is 13.6. The van der Waals surface area contributed by atoms with Crippen LogP contribution in [0.4, 0.5) is 0 Å². The molecule has 4 rings (SSSR count). The molecule has 1 amide bonds. The van der Waals surface area contributed by atoms with Gasteiger partial charge >= 0.3 is 0 Å². The number of fused-ring (bicyclic) bond motifs is 1. The third-order valence-electron chi connectivity index (χ3n) is 4.31. The molecule has 2 heterocycles. The molecule has 0 fully saturated rings. The number of thioether (sulfide) groups is 1. The number of amides is 1. The van der Waals surface area contributed by atoms with Gasteiger partial charge in [-0.3, -0.25) is 4.79 Å². The molecule has 8 heteroatoms. The van der Waals surface area contributed by atoms with Gasteiger partial charge in [0.2, 0.25) is 18.6 Å². The highest BCUT2D eigenvalue weighted by atomic mass is 32.2. The lowest BCUT2D eigenvalue weighted by atomic mass is 10.1. The Morgan fingerprint density at radius 3 is 2.75 bits per heavy atom. The van der Waals surface area contributed by atoms with Crippen LogP contribution in [0.1, 0.15) is 24.1 Å². The van der Waals surface area contributed by atoms with Crippen LogP contribution in [0, 0.1) is 6.92 Å². The maximum absolute atomic E-state index is 12.3. The zero-order valence-electron chi connectivity index (χ0n) is 15.5. The van der Waals surface area contributed by atoms with Crippen LogP contribution >= 0.6 is 11.8 Å². The van der Waals surface area contributed by atoms with Crippen LogP contribution in [0.25, 0.3) is 11.5 Å². The number of hydrogen-bond donors (Lipinski definition) is 1. The summed E-state index contributed by atoms with van der Waals surface area (Å²) in [6, 6.07) is 13.3. The van der Waals surface area contributed by atoms with Crippen molar-refractivity contribution in [1.82, 2.24) is 15.5 Å². The molecule has 0 unspecified atom stereocenters. The van der Waals surface area contributed by atoms with Crippen molar-refractivity contribution in [2.24, 2.45) is 0 Å². The molecule has 1 atom stereocenters. The quantitative estimate of drug-likeness (QED) is 0.634. The van der Waals surface area contributed by atoms with E-state index in [-0.39, 0.29) is 24.5 Å². The summed E-state index contributed by atoms with van der Waals surface area (Å²) in [5.74, 6) is 1.92. The Balaban J connectivity index is 1.31. The molecule has 28 heavy (non-hydrogen) atoms. The molecule has 1 N–H and O–H groups in total. The largest absolute Gasteiger partial charge is 0.454 e. The Morgan fingerprint density at radius 1 is 1.14 bits per heavy atom. The van der Waals surface area contributed by atoms with Crippen LogP contribution < -0.4 is 14.8 Å². The molecule has 144 valence electrons. The summed E-state index contributed by atoms with van der Waals surface area (Å²) in [5.41, 5.74) is 2.96. The average Bonchev–Trinajstić information content (AvgIpc) is 3.35. The molecule has 0 saturated carbocycles. The molecule has 3 aromatic rings.